The molecule has 0 saturated carbocycles. The Hall–Kier alpha value is -3.52. The molecule has 0 spiro atoms. The molecule has 166 valence electrons. The molecule has 0 radical (unpaired) electrons. The van der Waals surface area contributed by atoms with E-state index in [0.29, 0.717) is 12.5 Å². The maximum Gasteiger partial charge on any atom is 0.227 e. The number of rotatable bonds is 8. The molecule has 1 atom stereocenters. The number of fused-ring (bicyclic) bond motifs is 1. The summed E-state index contributed by atoms with van der Waals surface area (Å²) in [7, 11) is 2.00. The molecule has 0 aliphatic rings. The Morgan fingerprint density at radius 3 is 2.47 bits per heavy atom. The Bertz CT molecular complexity index is 1170. The lowest BCUT2D eigenvalue weighted by molar-refractivity contribution is 0.281. The summed E-state index contributed by atoms with van der Waals surface area (Å²) in [5.74, 6) is 1.23. The fourth-order valence-corrected chi connectivity index (χ4v) is 3.54. The fourth-order valence-electron chi connectivity index (χ4n) is 3.54. The van der Waals surface area contributed by atoms with Crippen molar-refractivity contribution >= 4 is 22.9 Å². The van der Waals surface area contributed by atoms with E-state index in [1.807, 2.05) is 43.1 Å². The molecule has 0 aliphatic heterocycles. The number of benzene rings is 1. The van der Waals surface area contributed by atoms with Gasteiger partial charge >= 0.3 is 0 Å². The molecule has 4 aromatic rings. The van der Waals surface area contributed by atoms with Gasteiger partial charge in [0.15, 0.2) is 17.0 Å². The van der Waals surface area contributed by atoms with E-state index in [9.17, 15) is 5.11 Å². The standard InChI is InChI=1S/C24H29N7O/c1-16(2)31-15-26-21-22(28-24(29-23(21)31)27-17(3)14-32)30(4)13-18-8-10-19(11-9-18)20-7-5-6-12-25-20/h5-12,15-17,32H,13-14H2,1-4H3,(H,27,28,29)/t17-/m0/s1. The lowest BCUT2D eigenvalue weighted by atomic mass is 10.1. The van der Waals surface area contributed by atoms with Crippen LogP contribution >= 0.6 is 0 Å². The first-order chi connectivity index (χ1) is 15.5. The largest absolute Gasteiger partial charge is 0.394 e. The van der Waals surface area contributed by atoms with Gasteiger partial charge in [0.05, 0.1) is 18.6 Å². The molecule has 0 fully saturated rings. The predicted molar refractivity (Wildman–Crippen MR) is 128 cm³/mol. The van der Waals surface area contributed by atoms with Crippen LogP contribution in [0.25, 0.3) is 22.4 Å². The van der Waals surface area contributed by atoms with Gasteiger partial charge in [-0.05, 0) is 38.5 Å². The van der Waals surface area contributed by atoms with Crippen LogP contribution in [0.1, 0.15) is 32.4 Å². The Labute approximate surface area is 188 Å². The van der Waals surface area contributed by atoms with Gasteiger partial charge in [-0.1, -0.05) is 30.3 Å². The van der Waals surface area contributed by atoms with E-state index in [4.69, 9.17) is 4.98 Å². The highest BCUT2D eigenvalue weighted by Crippen LogP contribution is 2.27. The van der Waals surface area contributed by atoms with Crippen LogP contribution in [0.4, 0.5) is 11.8 Å². The van der Waals surface area contributed by atoms with E-state index < -0.39 is 0 Å². The smallest absolute Gasteiger partial charge is 0.227 e. The van der Waals surface area contributed by atoms with Gasteiger partial charge in [0, 0.05) is 37.4 Å². The molecule has 0 bridgehead atoms. The molecule has 8 nitrogen and oxygen atoms in total. The zero-order valence-corrected chi connectivity index (χ0v) is 18.9. The van der Waals surface area contributed by atoms with Gasteiger partial charge < -0.3 is 19.9 Å². The van der Waals surface area contributed by atoms with Crippen LogP contribution in [0.5, 0.6) is 0 Å². The molecule has 1 aromatic carbocycles. The van der Waals surface area contributed by atoms with E-state index in [2.05, 4.69) is 63.3 Å². The highest BCUT2D eigenvalue weighted by molar-refractivity contribution is 5.85. The summed E-state index contributed by atoms with van der Waals surface area (Å²) in [4.78, 5) is 20.5. The summed E-state index contributed by atoms with van der Waals surface area (Å²) in [6, 6.07) is 14.4. The second kappa shape index (κ2) is 9.32. The molecule has 32 heavy (non-hydrogen) atoms. The molecule has 0 unspecified atom stereocenters. The van der Waals surface area contributed by atoms with Crippen LogP contribution in [-0.4, -0.2) is 49.3 Å². The van der Waals surface area contributed by atoms with Crippen molar-refractivity contribution in [1.29, 1.82) is 0 Å². The van der Waals surface area contributed by atoms with E-state index in [1.54, 1.807) is 6.20 Å². The normalized spacial score (nSPS) is 12.3. The van der Waals surface area contributed by atoms with Crippen LogP contribution < -0.4 is 10.2 Å². The molecular weight excluding hydrogens is 402 g/mol. The summed E-state index contributed by atoms with van der Waals surface area (Å²) in [5.41, 5.74) is 4.73. The van der Waals surface area contributed by atoms with Crippen LogP contribution in [0.15, 0.2) is 55.0 Å². The van der Waals surface area contributed by atoms with E-state index in [-0.39, 0.29) is 18.7 Å². The van der Waals surface area contributed by atoms with Crippen molar-refractivity contribution in [2.75, 3.05) is 23.9 Å². The van der Waals surface area contributed by atoms with Crippen molar-refractivity contribution in [1.82, 2.24) is 24.5 Å². The Morgan fingerprint density at radius 1 is 1.03 bits per heavy atom. The molecule has 0 amide bonds. The maximum absolute atomic E-state index is 9.44. The van der Waals surface area contributed by atoms with Crippen molar-refractivity contribution in [2.24, 2.45) is 0 Å². The van der Waals surface area contributed by atoms with Crippen molar-refractivity contribution in [3.05, 3.63) is 60.6 Å². The van der Waals surface area contributed by atoms with E-state index >= 15 is 0 Å². The number of imidazole rings is 1. The number of hydrogen-bond donors (Lipinski definition) is 2. The number of pyridine rings is 1. The Morgan fingerprint density at radius 2 is 1.81 bits per heavy atom. The molecule has 0 aliphatic carbocycles. The van der Waals surface area contributed by atoms with Gasteiger partial charge in [0.1, 0.15) is 0 Å². The van der Waals surface area contributed by atoms with Crippen molar-refractivity contribution in [2.45, 2.75) is 39.4 Å². The van der Waals surface area contributed by atoms with E-state index in [0.717, 1.165) is 33.8 Å². The third kappa shape index (κ3) is 4.55. The maximum atomic E-state index is 9.44. The summed E-state index contributed by atoms with van der Waals surface area (Å²) in [6.45, 7) is 6.75. The summed E-state index contributed by atoms with van der Waals surface area (Å²) < 4.78 is 2.03. The van der Waals surface area contributed by atoms with Crippen LogP contribution in [0.2, 0.25) is 0 Å². The molecule has 2 N–H and O–H groups in total. The van der Waals surface area contributed by atoms with Crippen LogP contribution in [0, 0.1) is 0 Å². The SMILES string of the molecule is CC(C)n1cnc2c(N(C)Cc3ccc(-c4ccccn4)cc3)nc(N[C@@H](C)CO)nc21. The first-order valence-corrected chi connectivity index (χ1v) is 10.8. The highest BCUT2D eigenvalue weighted by Gasteiger charge is 2.18. The minimum atomic E-state index is -0.153. The lowest BCUT2D eigenvalue weighted by Crippen LogP contribution is -2.23. The monoisotopic (exact) mass is 431 g/mol. The minimum absolute atomic E-state index is 0.00136. The third-order valence-electron chi connectivity index (χ3n) is 5.30. The molecule has 3 aromatic heterocycles. The summed E-state index contributed by atoms with van der Waals surface area (Å²) >= 11 is 0. The number of aromatic nitrogens is 5. The van der Waals surface area contributed by atoms with Crippen LogP contribution in [0.3, 0.4) is 0 Å². The molecule has 8 heteroatoms. The first-order valence-electron chi connectivity index (χ1n) is 10.8. The second-order valence-electron chi connectivity index (χ2n) is 8.28. The van der Waals surface area contributed by atoms with Gasteiger partial charge in [0.2, 0.25) is 5.95 Å². The zero-order chi connectivity index (χ0) is 22.7. The minimum Gasteiger partial charge on any atom is -0.394 e. The third-order valence-corrected chi connectivity index (χ3v) is 5.30. The quantitative estimate of drug-likeness (QED) is 0.437. The number of aliphatic hydroxyl groups is 1. The van der Waals surface area contributed by atoms with Gasteiger partial charge in [-0.3, -0.25) is 4.98 Å². The number of hydrogen-bond acceptors (Lipinski definition) is 7. The van der Waals surface area contributed by atoms with E-state index in [1.165, 1.54) is 0 Å². The molecular formula is C24H29N7O. The van der Waals surface area contributed by atoms with Crippen molar-refractivity contribution < 1.29 is 5.11 Å². The Balaban J connectivity index is 1.64. The van der Waals surface area contributed by atoms with Gasteiger partial charge in [-0.2, -0.15) is 9.97 Å². The topological polar surface area (TPSA) is 92.0 Å². The van der Waals surface area contributed by atoms with Gasteiger partial charge in [-0.15, -0.1) is 0 Å². The Kier molecular flexibility index (Phi) is 6.32. The first kappa shape index (κ1) is 21.7. The summed E-state index contributed by atoms with van der Waals surface area (Å²) in [6.07, 6.45) is 3.61. The highest BCUT2D eigenvalue weighted by atomic mass is 16.3. The molecule has 0 saturated heterocycles. The number of nitrogens with one attached hydrogen (secondary N) is 1. The van der Waals surface area contributed by atoms with Crippen molar-refractivity contribution in [3.63, 3.8) is 0 Å². The molecule has 3 heterocycles. The number of anilines is 2. The fraction of sp³-hybridized carbons (Fsp3) is 0.333. The lowest BCUT2D eigenvalue weighted by Gasteiger charge is -2.21. The average molecular weight is 432 g/mol. The number of aliphatic hydroxyl groups excluding tert-OH is 1. The zero-order valence-electron chi connectivity index (χ0n) is 18.9. The number of nitrogens with zero attached hydrogens (tertiary/aromatic N) is 6. The van der Waals surface area contributed by atoms with Gasteiger partial charge in [0.25, 0.3) is 0 Å². The predicted octanol–water partition coefficient (Wildman–Crippen LogP) is 3.90. The summed E-state index contributed by atoms with van der Waals surface area (Å²) in [5, 5.41) is 12.6. The average Bonchev–Trinajstić information content (AvgIpc) is 3.23. The van der Waals surface area contributed by atoms with Crippen LogP contribution in [-0.2, 0) is 6.54 Å². The van der Waals surface area contributed by atoms with Gasteiger partial charge in [-0.25, -0.2) is 4.98 Å². The van der Waals surface area contributed by atoms with Crippen molar-refractivity contribution in [3.8, 4) is 11.3 Å². The molecule has 4 rings (SSSR count). The second-order valence-corrected chi connectivity index (χ2v) is 8.28.